The standard InChI is InChI=1S/C21H20N4O2S/c26-15-5-7-16(8-6-15)27-18-3-1-2-13-11-22-21(25-20(13)18)24-14-4-9-17-19(10-14)28-12-23-17/h1-4,9-12,15-16,26H,5-8H2,(H,22,24,25). The van der Waals surface area contributed by atoms with Gasteiger partial charge in [0.15, 0.2) is 0 Å². The molecule has 2 aromatic heterocycles. The third kappa shape index (κ3) is 3.50. The van der Waals surface area contributed by atoms with Gasteiger partial charge < -0.3 is 15.2 Å². The fraction of sp³-hybridized carbons (Fsp3) is 0.286. The minimum Gasteiger partial charge on any atom is -0.488 e. The Bertz CT molecular complexity index is 1120. The highest BCUT2D eigenvalue weighted by atomic mass is 32.1. The van der Waals surface area contributed by atoms with E-state index in [9.17, 15) is 5.11 Å². The molecule has 1 fully saturated rings. The van der Waals surface area contributed by atoms with Crippen molar-refractivity contribution in [2.45, 2.75) is 37.9 Å². The van der Waals surface area contributed by atoms with Crippen LogP contribution in [0.4, 0.5) is 11.6 Å². The summed E-state index contributed by atoms with van der Waals surface area (Å²) >= 11 is 1.61. The van der Waals surface area contributed by atoms with Crippen LogP contribution in [0.5, 0.6) is 5.75 Å². The molecule has 1 saturated carbocycles. The quantitative estimate of drug-likeness (QED) is 0.526. The summed E-state index contributed by atoms with van der Waals surface area (Å²) in [4.78, 5) is 13.5. The van der Waals surface area contributed by atoms with Crippen molar-refractivity contribution in [3.8, 4) is 5.75 Å². The molecule has 0 bridgehead atoms. The van der Waals surface area contributed by atoms with E-state index in [1.54, 1.807) is 11.3 Å². The summed E-state index contributed by atoms with van der Waals surface area (Å²) in [6, 6.07) is 11.9. The summed E-state index contributed by atoms with van der Waals surface area (Å²) in [5.74, 6) is 1.30. The number of aliphatic hydroxyl groups excluding tert-OH is 1. The first-order valence-electron chi connectivity index (χ1n) is 9.45. The molecule has 2 N–H and O–H groups in total. The van der Waals surface area contributed by atoms with Crippen molar-refractivity contribution in [3.05, 3.63) is 48.1 Å². The van der Waals surface area contributed by atoms with E-state index < -0.39 is 0 Å². The molecule has 1 aliphatic rings. The van der Waals surface area contributed by atoms with Gasteiger partial charge in [-0.05, 0) is 49.9 Å². The molecular formula is C21H20N4O2S. The van der Waals surface area contributed by atoms with Crippen molar-refractivity contribution < 1.29 is 9.84 Å². The van der Waals surface area contributed by atoms with Gasteiger partial charge in [0, 0.05) is 17.3 Å². The number of aliphatic hydroxyl groups is 1. The molecule has 6 nitrogen and oxygen atoms in total. The third-order valence-electron chi connectivity index (χ3n) is 5.10. The fourth-order valence-corrected chi connectivity index (χ4v) is 4.30. The number of nitrogens with one attached hydrogen (secondary N) is 1. The Morgan fingerprint density at radius 2 is 1.96 bits per heavy atom. The molecule has 0 aliphatic heterocycles. The van der Waals surface area contributed by atoms with Gasteiger partial charge in [0.1, 0.15) is 11.3 Å². The van der Waals surface area contributed by atoms with Crippen molar-refractivity contribution in [1.29, 1.82) is 0 Å². The second-order valence-corrected chi connectivity index (χ2v) is 7.98. The van der Waals surface area contributed by atoms with Crippen LogP contribution in [0, 0.1) is 0 Å². The van der Waals surface area contributed by atoms with Gasteiger partial charge in [-0.15, -0.1) is 11.3 Å². The predicted molar refractivity (Wildman–Crippen MR) is 111 cm³/mol. The molecule has 2 heterocycles. The van der Waals surface area contributed by atoms with Crippen LogP contribution in [-0.4, -0.2) is 32.3 Å². The summed E-state index contributed by atoms with van der Waals surface area (Å²) in [6.45, 7) is 0. The number of anilines is 2. The Hall–Kier alpha value is -2.77. The van der Waals surface area contributed by atoms with E-state index in [0.717, 1.165) is 58.2 Å². The Labute approximate surface area is 166 Å². The van der Waals surface area contributed by atoms with E-state index in [2.05, 4.69) is 21.4 Å². The minimum absolute atomic E-state index is 0.120. The lowest BCUT2D eigenvalue weighted by Crippen LogP contribution is -2.26. The topological polar surface area (TPSA) is 80.2 Å². The number of thiazole rings is 1. The molecule has 28 heavy (non-hydrogen) atoms. The van der Waals surface area contributed by atoms with Crippen LogP contribution < -0.4 is 10.1 Å². The molecule has 4 aromatic rings. The highest BCUT2D eigenvalue weighted by Crippen LogP contribution is 2.30. The van der Waals surface area contributed by atoms with Gasteiger partial charge in [-0.2, -0.15) is 0 Å². The number of benzene rings is 2. The maximum atomic E-state index is 9.71. The molecule has 0 spiro atoms. The van der Waals surface area contributed by atoms with Gasteiger partial charge in [-0.3, -0.25) is 0 Å². The SMILES string of the molecule is OC1CCC(Oc2cccc3cnc(Nc4ccc5ncsc5c4)nc23)CC1. The van der Waals surface area contributed by atoms with Crippen LogP contribution in [0.1, 0.15) is 25.7 Å². The Morgan fingerprint density at radius 1 is 1.07 bits per heavy atom. The number of rotatable bonds is 4. The lowest BCUT2D eigenvalue weighted by atomic mass is 9.95. The number of hydrogen-bond acceptors (Lipinski definition) is 7. The zero-order valence-electron chi connectivity index (χ0n) is 15.2. The molecule has 7 heteroatoms. The minimum atomic E-state index is -0.193. The maximum Gasteiger partial charge on any atom is 0.227 e. The summed E-state index contributed by atoms with van der Waals surface area (Å²) in [7, 11) is 0. The van der Waals surface area contributed by atoms with Gasteiger partial charge in [0.2, 0.25) is 5.95 Å². The van der Waals surface area contributed by atoms with Gasteiger partial charge >= 0.3 is 0 Å². The first-order chi connectivity index (χ1) is 13.7. The largest absolute Gasteiger partial charge is 0.488 e. The van der Waals surface area contributed by atoms with Gasteiger partial charge in [0.05, 0.1) is 27.9 Å². The number of ether oxygens (including phenoxy) is 1. The normalized spacial score (nSPS) is 19.8. The molecule has 0 radical (unpaired) electrons. The molecular weight excluding hydrogens is 372 g/mol. The van der Waals surface area contributed by atoms with Crippen LogP contribution in [0.2, 0.25) is 0 Å². The predicted octanol–water partition coefficient (Wildman–Crippen LogP) is 4.67. The molecule has 2 aromatic carbocycles. The zero-order valence-corrected chi connectivity index (χ0v) is 16.0. The molecule has 142 valence electrons. The van der Waals surface area contributed by atoms with Crippen LogP contribution in [0.3, 0.4) is 0 Å². The van der Waals surface area contributed by atoms with Crippen LogP contribution in [-0.2, 0) is 0 Å². The first-order valence-corrected chi connectivity index (χ1v) is 10.3. The fourth-order valence-electron chi connectivity index (χ4n) is 3.59. The van der Waals surface area contributed by atoms with E-state index in [-0.39, 0.29) is 12.2 Å². The average Bonchev–Trinajstić information content (AvgIpc) is 3.18. The maximum absolute atomic E-state index is 9.71. The molecule has 5 rings (SSSR count). The smallest absolute Gasteiger partial charge is 0.227 e. The van der Waals surface area contributed by atoms with Crippen LogP contribution in [0.25, 0.3) is 21.1 Å². The lowest BCUT2D eigenvalue weighted by Gasteiger charge is -2.26. The summed E-state index contributed by atoms with van der Waals surface area (Å²) in [6.07, 6.45) is 5.04. The Balaban J connectivity index is 1.42. The first kappa shape index (κ1) is 17.3. The number of hydrogen-bond donors (Lipinski definition) is 2. The van der Waals surface area contributed by atoms with E-state index >= 15 is 0 Å². The van der Waals surface area contributed by atoms with E-state index in [1.165, 1.54) is 0 Å². The second-order valence-electron chi connectivity index (χ2n) is 7.10. The second kappa shape index (κ2) is 7.33. The van der Waals surface area contributed by atoms with Crippen LogP contribution in [0.15, 0.2) is 48.1 Å². The Morgan fingerprint density at radius 3 is 2.86 bits per heavy atom. The molecule has 0 saturated heterocycles. The monoisotopic (exact) mass is 392 g/mol. The Kier molecular flexibility index (Phi) is 4.54. The number of fused-ring (bicyclic) bond motifs is 2. The summed E-state index contributed by atoms with van der Waals surface area (Å²) < 4.78 is 7.35. The highest BCUT2D eigenvalue weighted by molar-refractivity contribution is 7.16. The lowest BCUT2D eigenvalue weighted by molar-refractivity contribution is 0.0672. The molecule has 0 atom stereocenters. The van der Waals surface area contributed by atoms with Crippen molar-refractivity contribution in [1.82, 2.24) is 15.0 Å². The van der Waals surface area contributed by atoms with Crippen molar-refractivity contribution in [3.63, 3.8) is 0 Å². The van der Waals surface area contributed by atoms with E-state index in [0.29, 0.717) is 5.95 Å². The third-order valence-corrected chi connectivity index (χ3v) is 5.89. The number of aromatic nitrogens is 3. The van der Waals surface area contributed by atoms with Crippen LogP contribution >= 0.6 is 11.3 Å². The van der Waals surface area contributed by atoms with Crippen molar-refractivity contribution >= 4 is 44.1 Å². The van der Waals surface area contributed by atoms with E-state index in [1.807, 2.05) is 42.0 Å². The number of nitrogens with zero attached hydrogens (tertiary/aromatic N) is 3. The van der Waals surface area contributed by atoms with Crippen molar-refractivity contribution in [2.24, 2.45) is 0 Å². The molecule has 0 amide bonds. The number of para-hydroxylation sites is 1. The summed E-state index contributed by atoms with van der Waals surface area (Å²) in [5.41, 5.74) is 4.55. The van der Waals surface area contributed by atoms with Crippen molar-refractivity contribution in [2.75, 3.05) is 5.32 Å². The van der Waals surface area contributed by atoms with Gasteiger partial charge in [-0.1, -0.05) is 12.1 Å². The highest BCUT2D eigenvalue weighted by Gasteiger charge is 2.21. The summed E-state index contributed by atoms with van der Waals surface area (Å²) in [5, 5.41) is 13.9. The molecule has 1 aliphatic carbocycles. The average molecular weight is 392 g/mol. The van der Waals surface area contributed by atoms with E-state index in [4.69, 9.17) is 9.72 Å². The van der Waals surface area contributed by atoms with Gasteiger partial charge in [0.25, 0.3) is 0 Å². The van der Waals surface area contributed by atoms with Gasteiger partial charge in [-0.25, -0.2) is 15.0 Å². The molecule has 0 unspecified atom stereocenters. The zero-order chi connectivity index (χ0) is 18.9.